The highest BCUT2D eigenvalue weighted by Gasteiger charge is 2.21. The molecule has 0 radical (unpaired) electrons. The number of carbonyl (C=O) groups excluding carboxylic acids is 1. The van der Waals surface area contributed by atoms with Crippen molar-refractivity contribution < 1.29 is 4.79 Å². The average Bonchev–Trinajstić information content (AvgIpc) is 3.15. The zero-order chi connectivity index (χ0) is 13.9. The number of amides is 1. The number of aromatic nitrogens is 1. The topological polar surface area (TPSA) is 45.2 Å². The zero-order valence-electron chi connectivity index (χ0n) is 11.6. The smallest absolute Gasteiger partial charge is 0.234 e. The van der Waals surface area contributed by atoms with Crippen LogP contribution in [0.3, 0.4) is 0 Å². The van der Waals surface area contributed by atoms with Gasteiger partial charge in [0.05, 0.1) is 23.3 Å². The molecule has 1 N–H and O–H groups in total. The summed E-state index contributed by atoms with van der Waals surface area (Å²) in [6.45, 7) is 1.99. The number of fused-ring (bicyclic) bond motifs is 1. The number of thiazole rings is 1. The molecule has 1 aromatic carbocycles. The first-order chi connectivity index (χ1) is 9.70. The van der Waals surface area contributed by atoms with Crippen LogP contribution in [0.25, 0.3) is 10.2 Å². The van der Waals surface area contributed by atoms with Crippen LogP contribution in [0, 0.1) is 5.92 Å². The summed E-state index contributed by atoms with van der Waals surface area (Å²) in [6, 6.07) is 8.14. The Balaban J connectivity index is 1.52. The fourth-order valence-corrected chi connectivity index (χ4v) is 3.20. The maximum atomic E-state index is 11.8. The van der Waals surface area contributed by atoms with E-state index in [0.717, 1.165) is 29.5 Å². The van der Waals surface area contributed by atoms with Crippen molar-refractivity contribution in [1.82, 2.24) is 15.2 Å². The van der Waals surface area contributed by atoms with Crippen molar-refractivity contribution in [2.45, 2.75) is 19.4 Å². The van der Waals surface area contributed by atoms with Gasteiger partial charge in [-0.2, -0.15) is 0 Å². The Morgan fingerprint density at radius 1 is 1.45 bits per heavy atom. The van der Waals surface area contributed by atoms with E-state index in [0.29, 0.717) is 6.54 Å². The van der Waals surface area contributed by atoms with Crippen LogP contribution in [0.5, 0.6) is 0 Å². The number of carbonyl (C=O) groups is 1. The number of hydrogen-bond donors (Lipinski definition) is 1. The van der Waals surface area contributed by atoms with Crippen LogP contribution in [0.4, 0.5) is 0 Å². The molecule has 2 aromatic rings. The summed E-state index contributed by atoms with van der Waals surface area (Å²) in [5.74, 6) is 0.842. The Morgan fingerprint density at radius 3 is 3.00 bits per heavy atom. The number of benzene rings is 1. The summed E-state index contributed by atoms with van der Waals surface area (Å²) < 4.78 is 1.20. The van der Waals surface area contributed by atoms with E-state index in [9.17, 15) is 4.79 Å². The minimum atomic E-state index is 0.112. The molecule has 4 nitrogen and oxygen atoms in total. The molecule has 1 aromatic heterocycles. The highest BCUT2D eigenvalue weighted by Crippen LogP contribution is 2.27. The van der Waals surface area contributed by atoms with Gasteiger partial charge in [0.2, 0.25) is 5.91 Å². The van der Waals surface area contributed by atoms with Crippen molar-refractivity contribution in [1.29, 1.82) is 0 Å². The Labute approximate surface area is 122 Å². The number of nitrogens with one attached hydrogen (secondary N) is 1. The third-order valence-electron chi connectivity index (χ3n) is 3.44. The summed E-state index contributed by atoms with van der Waals surface area (Å²) >= 11 is 1.70. The van der Waals surface area contributed by atoms with Crippen LogP contribution in [0.2, 0.25) is 0 Å². The van der Waals surface area contributed by atoms with Gasteiger partial charge in [-0.3, -0.25) is 9.69 Å². The van der Waals surface area contributed by atoms with E-state index in [1.807, 2.05) is 30.1 Å². The van der Waals surface area contributed by atoms with E-state index in [2.05, 4.69) is 16.4 Å². The first-order valence-corrected chi connectivity index (χ1v) is 7.82. The van der Waals surface area contributed by atoms with Crippen LogP contribution in [0.1, 0.15) is 17.8 Å². The maximum Gasteiger partial charge on any atom is 0.234 e. The predicted molar refractivity (Wildman–Crippen MR) is 81.7 cm³/mol. The standard InChI is InChI=1S/C15H19N3OS/c1-18(9-14(19)16-8-11-6-7-11)10-15-17-12-4-2-3-5-13(12)20-15/h2-5,11H,6-10H2,1H3,(H,16,19). The van der Waals surface area contributed by atoms with Gasteiger partial charge >= 0.3 is 0 Å². The van der Waals surface area contributed by atoms with Crippen LogP contribution < -0.4 is 5.32 Å². The van der Waals surface area contributed by atoms with Crippen molar-refractivity contribution in [3.05, 3.63) is 29.3 Å². The van der Waals surface area contributed by atoms with Gasteiger partial charge in [-0.25, -0.2) is 4.98 Å². The Morgan fingerprint density at radius 2 is 2.25 bits per heavy atom. The molecule has 1 amide bonds. The van der Waals surface area contributed by atoms with Gasteiger partial charge < -0.3 is 5.32 Å². The lowest BCUT2D eigenvalue weighted by Crippen LogP contribution is -2.35. The van der Waals surface area contributed by atoms with Gasteiger partial charge in [0.15, 0.2) is 0 Å². The summed E-state index contributed by atoms with van der Waals surface area (Å²) in [6.07, 6.45) is 2.53. The summed E-state index contributed by atoms with van der Waals surface area (Å²) in [4.78, 5) is 18.4. The third kappa shape index (κ3) is 3.55. The molecule has 5 heteroatoms. The van der Waals surface area contributed by atoms with Crippen molar-refractivity contribution in [3.8, 4) is 0 Å². The van der Waals surface area contributed by atoms with E-state index in [1.54, 1.807) is 11.3 Å². The van der Waals surface area contributed by atoms with Crippen molar-refractivity contribution in [2.75, 3.05) is 20.1 Å². The molecule has 0 aliphatic heterocycles. The summed E-state index contributed by atoms with van der Waals surface area (Å²) in [5.41, 5.74) is 1.04. The Bertz CT molecular complexity index is 573. The largest absolute Gasteiger partial charge is 0.355 e. The molecule has 1 aliphatic carbocycles. The van der Waals surface area contributed by atoms with E-state index >= 15 is 0 Å². The molecule has 0 spiro atoms. The minimum absolute atomic E-state index is 0.112. The van der Waals surface area contributed by atoms with Crippen LogP contribution in [-0.4, -0.2) is 35.9 Å². The molecule has 0 unspecified atom stereocenters. The second-order valence-corrected chi connectivity index (χ2v) is 6.61. The Hall–Kier alpha value is -1.46. The number of rotatable bonds is 6. The molecule has 0 bridgehead atoms. The molecule has 1 fully saturated rings. The quantitative estimate of drug-likeness (QED) is 0.887. The monoisotopic (exact) mass is 289 g/mol. The van der Waals surface area contributed by atoms with E-state index < -0.39 is 0 Å². The second kappa shape index (κ2) is 5.89. The normalized spacial score (nSPS) is 14.9. The number of likely N-dealkylation sites (N-methyl/N-ethyl adjacent to an activating group) is 1. The zero-order valence-corrected chi connectivity index (χ0v) is 12.4. The van der Waals surface area contributed by atoms with Gasteiger partial charge in [-0.05, 0) is 37.9 Å². The molecule has 1 aliphatic rings. The Kier molecular flexibility index (Phi) is 3.98. The second-order valence-electron chi connectivity index (χ2n) is 5.50. The van der Waals surface area contributed by atoms with Gasteiger partial charge in [-0.15, -0.1) is 11.3 Å². The SMILES string of the molecule is CN(CC(=O)NCC1CC1)Cc1nc2ccccc2s1. The van der Waals surface area contributed by atoms with Crippen LogP contribution in [-0.2, 0) is 11.3 Å². The van der Waals surface area contributed by atoms with Gasteiger partial charge in [0.1, 0.15) is 5.01 Å². The van der Waals surface area contributed by atoms with Crippen molar-refractivity contribution in [2.24, 2.45) is 5.92 Å². The highest BCUT2D eigenvalue weighted by molar-refractivity contribution is 7.18. The number of hydrogen-bond acceptors (Lipinski definition) is 4. The van der Waals surface area contributed by atoms with E-state index in [1.165, 1.54) is 17.5 Å². The molecule has 0 atom stereocenters. The first kappa shape index (κ1) is 13.5. The molecule has 106 valence electrons. The van der Waals surface area contributed by atoms with E-state index in [4.69, 9.17) is 0 Å². The van der Waals surface area contributed by atoms with E-state index in [-0.39, 0.29) is 5.91 Å². The highest BCUT2D eigenvalue weighted by atomic mass is 32.1. The lowest BCUT2D eigenvalue weighted by atomic mass is 10.3. The molecule has 1 saturated carbocycles. The van der Waals surface area contributed by atoms with Crippen molar-refractivity contribution in [3.63, 3.8) is 0 Å². The fraction of sp³-hybridized carbons (Fsp3) is 0.467. The number of para-hydroxylation sites is 1. The molecule has 3 rings (SSSR count). The summed E-state index contributed by atoms with van der Waals surface area (Å²) in [7, 11) is 1.96. The van der Waals surface area contributed by atoms with Crippen LogP contribution >= 0.6 is 11.3 Å². The van der Waals surface area contributed by atoms with Gasteiger partial charge in [0.25, 0.3) is 0 Å². The maximum absolute atomic E-state index is 11.8. The van der Waals surface area contributed by atoms with Crippen LogP contribution in [0.15, 0.2) is 24.3 Å². The fourth-order valence-electron chi connectivity index (χ4n) is 2.16. The molecule has 20 heavy (non-hydrogen) atoms. The summed E-state index contributed by atoms with van der Waals surface area (Å²) in [5, 5.41) is 4.05. The number of nitrogens with zero attached hydrogens (tertiary/aromatic N) is 2. The minimum Gasteiger partial charge on any atom is -0.355 e. The molecular formula is C15H19N3OS. The van der Waals surface area contributed by atoms with Crippen molar-refractivity contribution >= 4 is 27.5 Å². The average molecular weight is 289 g/mol. The molecular weight excluding hydrogens is 270 g/mol. The lowest BCUT2D eigenvalue weighted by Gasteiger charge is -2.14. The van der Waals surface area contributed by atoms with Gasteiger partial charge in [-0.1, -0.05) is 12.1 Å². The molecule has 0 saturated heterocycles. The lowest BCUT2D eigenvalue weighted by molar-refractivity contribution is -0.122. The first-order valence-electron chi connectivity index (χ1n) is 7.00. The van der Waals surface area contributed by atoms with Gasteiger partial charge in [0, 0.05) is 6.54 Å². The molecule has 1 heterocycles. The predicted octanol–water partition coefficient (Wildman–Crippen LogP) is 2.25. The third-order valence-corrected chi connectivity index (χ3v) is 4.46.